The van der Waals surface area contributed by atoms with Gasteiger partial charge in [-0.15, -0.1) is 0 Å². The molecule has 126 valence electrons. The molecular formula is C17H19N3O3S. The Morgan fingerprint density at radius 2 is 2.12 bits per heavy atom. The molecule has 1 fully saturated rings. The number of ether oxygens (including phenoxy) is 2. The fourth-order valence-electron chi connectivity index (χ4n) is 2.60. The normalized spacial score (nSPS) is 17.4. The zero-order valence-corrected chi connectivity index (χ0v) is 14.2. The van der Waals surface area contributed by atoms with Gasteiger partial charge in [0.2, 0.25) is 5.91 Å². The van der Waals surface area contributed by atoms with E-state index in [0.717, 1.165) is 5.16 Å². The van der Waals surface area contributed by atoms with Crippen molar-refractivity contribution >= 4 is 23.4 Å². The molecule has 1 aromatic heterocycles. The number of fused-ring (bicyclic) bond motifs is 1. The van der Waals surface area contributed by atoms with Gasteiger partial charge in [-0.2, -0.15) is 0 Å². The number of carbonyl (C=O) groups is 1. The van der Waals surface area contributed by atoms with E-state index in [4.69, 9.17) is 9.47 Å². The monoisotopic (exact) mass is 345 g/mol. The maximum Gasteiger partial charge on any atom is 0.237 e. The van der Waals surface area contributed by atoms with Crippen molar-refractivity contribution in [1.29, 1.82) is 0 Å². The van der Waals surface area contributed by atoms with Crippen LogP contribution < -0.4 is 14.8 Å². The number of thioether (sulfide) groups is 1. The van der Waals surface area contributed by atoms with Gasteiger partial charge in [-0.25, -0.2) is 4.98 Å². The molecular weight excluding hydrogens is 326 g/mol. The lowest BCUT2D eigenvalue weighted by Gasteiger charge is -2.19. The van der Waals surface area contributed by atoms with Gasteiger partial charge in [0.25, 0.3) is 0 Å². The molecule has 6 nitrogen and oxygen atoms in total. The Labute approximate surface area is 144 Å². The molecule has 24 heavy (non-hydrogen) atoms. The highest BCUT2D eigenvalue weighted by molar-refractivity contribution is 8.00. The summed E-state index contributed by atoms with van der Waals surface area (Å²) in [5, 5.41) is 3.60. The maximum atomic E-state index is 12.5. The van der Waals surface area contributed by atoms with Crippen LogP contribution in [-0.4, -0.2) is 33.9 Å². The van der Waals surface area contributed by atoms with E-state index in [0.29, 0.717) is 36.4 Å². The van der Waals surface area contributed by atoms with E-state index < -0.39 is 0 Å². The van der Waals surface area contributed by atoms with Crippen molar-refractivity contribution in [3.63, 3.8) is 0 Å². The van der Waals surface area contributed by atoms with Crippen molar-refractivity contribution in [2.45, 2.75) is 36.2 Å². The molecule has 1 N–H and O–H groups in total. The lowest BCUT2D eigenvalue weighted by molar-refractivity contribution is -0.115. The third-order valence-electron chi connectivity index (χ3n) is 4.03. The fraction of sp³-hybridized carbons (Fsp3) is 0.412. The zero-order valence-electron chi connectivity index (χ0n) is 13.4. The predicted octanol–water partition coefficient (Wildman–Crippen LogP) is 3.11. The van der Waals surface area contributed by atoms with Crippen LogP contribution in [0.25, 0.3) is 0 Å². The Morgan fingerprint density at radius 1 is 1.33 bits per heavy atom. The van der Waals surface area contributed by atoms with Crippen LogP contribution in [0.3, 0.4) is 0 Å². The number of carbonyl (C=O) groups excluding carboxylic acids is 1. The van der Waals surface area contributed by atoms with Gasteiger partial charge in [0.05, 0.1) is 5.25 Å². The topological polar surface area (TPSA) is 65.4 Å². The molecule has 7 heteroatoms. The molecule has 1 atom stereocenters. The van der Waals surface area contributed by atoms with Crippen LogP contribution in [0.5, 0.6) is 11.5 Å². The van der Waals surface area contributed by atoms with E-state index in [9.17, 15) is 4.79 Å². The number of hydrogen-bond acceptors (Lipinski definition) is 5. The van der Waals surface area contributed by atoms with Crippen LogP contribution in [0.1, 0.15) is 25.8 Å². The molecule has 2 heterocycles. The smallest absolute Gasteiger partial charge is 0.237 e. The van der Waals surface area contributed by atoms with E-state index in [1.54, 1.807) is 12.3 Å². The first-order chi connectivity index (χ1) is 11.7. The van der Waals surface area contributed by atoms with E-state index in [1.165, 1.54) is 24.6 Å². The molecule has 2 aliphatic rings. The van der Waals surface area contributed by atoms with E-state index >= 15 is 0 Å². The summed E-state index contributed by atoms with van der Waals surface area (Å²) >= 11 is 1.49. The zero-order chi connectivity index (χ0) is 16.5. The van der Waals surface area contributed by atoms with Crippen LogP contribution in [-0.2, 0) is 4.79 Å². The van der Waals surface area contributed by atoms with Crippen molar-refractivity contribution < 1.29 is 14.3 Å². The number of imidazole rings is 1. The lowest BCUT2D eigenvalue weighted by atomic mass is 10.2. The summed E-state index contributed by atoms with van der Waals surface area (Å²) < 4.78 is 13.2. The first kappa shape index (κ1) is 15.4. The second kappa shape index (κ2) is 6.39. The minimum atomic E-state index is -0.238. The largest absolute Gasteiger partial charge is 0.486 e. The molecule has 0 radical (unpaired) electrons. The van der Waals surface area contributed by atoms with Crippen LogP contribution >= 0.6 is 11.8 Å². The van der Waals surface area contributed by atoms with E-state index in [2.05, 4.69) is 14.9 Å². The Morgan fingerprint density at radius 3 is 2.92 bits per heavy atom. The first-order valence-corrected chi connectivity index (χ1v) is 8.98. The van der Waals surface area contributed by atoms with Gasteiger partial charge in [0.1, 0.15) is 13.2 Å². The van der Waals surface area contributed by atoms with E-state index in [1.807, 2.05) is 25.3 Å². The summed E-state index contributed by atoms with van der Waals surface area (Å²) in [6.45, 7) is 2.98. The SMILES string of the molecule is C[C@@H](Sc1nccn1C1CC1)C(=O)Nc1ccc2c(c1)OCCO2. The molecule has 1 aliphatic carbocycles. The van der Waals surface area contributed by atoms with Gasteiger partial charge in [-0.3, -0.25) is 4.79 Å². The van der Waals surface area contributed by atoms with Gasteiger partial charge >= 0.3 is 0 Å². The van der Waals surface area contributed by atoms with Crippen LogP contribution in [0.2, 0.25) is 0 Å². The summed E-state index contributed by atoms with van der Waals surface area (Å²) in [4.78, 5) is 16.8. The predicted molar refractivity (Wildman–Crippen MR) is 91.9 cm³/mol. The van der Waals surface area contributed by atoms with Gasteiger partial charge < -0.3 is 19.4 Å². The van der Waals surface area contributed by atoms with Crippen LogP contribution in [0, 0.1) is 0 Å². The molecule has 0 saturated heterocycles. The number of anilines is 1. The molecule has 1 aromatic carbocycles. The standard InChI is InChI=1S/C17H19N3O3S/c1-11(24-17-18-6-7-20(17)13-3-4-13)16(21)19-12-2-5-14-15(10-12)23-9-8-22-14/h2,5-7,10-11,13H,3-4,8-9H2,1H3,(H,19,21)/t11-/m1/s1. The summed E-state index contributed by atoms with van der Waals surface area (Å²) in [6, 6.07) is 6.01. The number of rotatable bonds is 5. The highest BCUT2D eigenvalue weighted by Gasteiger charge is 2.27. The molecule has 1 aliphatic heterocycles. The number of aromatic nitrogens is 2. The summed E-state index contributed by atoms with van der Waals surface area (Å²) in [5.41, 5.74) is 0.710. The third-order valence-corrected chi connectivity index (χ3v) is 5.13. The first-order valence-electron chi connectivity index (χ1n) is 8.11. The summed E-state index contributed by atoms with van der Waals surface area (Å²) in [5.74, 6) is 1.33. The second-order valence-electron chi connectivity index (χ2n) is 5.96. The van der Waals surface area contributed by atoms with Gasteiger partial charge in [0.15, 0.2) is 16.7 Å². The van der Waals surface area contributed by atoms with Crippen molar-refractivity contribution in [2.75, 3.05) is 18.5 Å². The Balaban J connectivity index is 1.41. The molecule has 1 saturated carbocycles. The molecule has 1 amide bonds. The lowest BCUT2D eigenvalue weighted by Crippen LogP contribution is -2.23. The Hall–Kier alpha value is -2.15. The Kier molecular flexibility index (Phi) is 4.10. The minimum Gasteiger partial charge on any atom is -0.486 e. The summed E-state index contributed by atoms with van der Waals surface area (Å²) in [7, 11) is 0. The summed E-state index contributed by atoms with van der Waals surface area (Å²) in [6.07, 6.45) is 6.18. The van der Waals surface area contributed by atoms with Crippen molar-refractivity contribution in [3.8, 4) is 11.5 Å². The van der Waals surface area contributed by atoms with Crippen molar-refractivity contribution in [1.82, 2.24) is 9.55 Å². The van der Waals surface area contributed by atoms with E-state index in [-0.39, 0.29) is 11.2 Å². The van der Waals surface area contributed by atoms with Crippen molar-refractivity contribution in [2.24, 2.45) is 0 Å². The van der Waals surface area contributed by atoms with Crippen LogP contribution in [0.15, 0.2) is 35.7 Å². The number of nitrogens with zero attached hydrogens (tertiary/aromatic N) is 2. The fourth-order valence-corrected chi connectivity index (χ4v) is 3.53. The molecule has 0 unspecified atom stereocenters. The number of benzene rings is 1. The third kappa shape index (κ3) is 3.21. The second-order valence-corrected chi connectivity index (χ2v) is 7.26. The average molecular weight is 345 g/mol. The number of amides is 1. The quantitative estimate of drug-likeness (QED) is 0.844. The molecule has 2 aromatic rings. The van der Waals surface area contributed by atoms with Gasteiger partial charge in [0, 0.05) is 30.2 Å². The van der Waals surface area contributed by atoms with Gasteiger partial charge in [-0.1, -0.05) is 11.8 Å². The number of nitrogens with one attached hydrogen (secondary N) is 1. The van der Waals surface area contributed by atoms with Gasteiger partial charge in [-0.05, 0) is 31.9 Å². The molecule has 0 bridgehead atoms. The maximum absolute atomic E-state index is 12.5. The minimum absolute atomic E-state index is 0.0537. The Bertz CT molecular complexity index is 757. The average Bonchev–Trinajstić information content (AvgIpc) is 3.34. The number of hydrogen-bond donors (Lipinski definition) is 1. The molecule has 0 spiro atoms. The highest BCUT2D eigenvalue weighted by atomic mass is 32.2. The van der Waals surface area contributed by atoms with Crippen LogP contribution in [0.4, 0.5) is 5.69 Å². The molecule has 4 rings (SSSR count). The van der Waals surface area contributed by atoms with Crippen molar-refractivity contribution in [3.05, 3.63) is 30.6 Å². The highest BCUT2D eigenvalue weighted by Crippen LogP contribution is 2.38.